The van der Waals surface area contributed by atoms with Crippen molar-refractivity contribution in [3.63, 3.8) is 0 Å². The van der Waals surface area contributed by atoms with Crippen LogP contribution in [0.4, 0.5) is 5.69 Å². The molecule has 0 aliphatic rings. The van der Waals surface area contributed by atoms with Crippen LogP contribution in [0.15, 0.2) is 47.4 Å². The predicted molar refractivity (Wildman–Crippen MR) is 103 cm³/mol. The second kappa shape index (κ2) is 9.23. The molecule has 9 heteroatoms. The molecule has 0 aliphatic heterocycles. The van der Waals surface area contributed by atoms with Gasteiger partial charge in [-0.3, -0.25) is 4.79 Å². The minimum atomic E-state index is -3.53. The maximum absolute atomic E-state index is 12.0. The predicted octanol–water partition coefficient (Wildman–Crippen LogP) is 3.70. The largest absolute Gasteiger partial charge is 0.484 e. The molecular weight excluding hydrogens is 399 g/mol. The second-order valence-electron chi connectivity index (χ2n) is 5.31. The van der Waals surface area contributed by atoms with Gasteiger partial charge in [0, 0.05) is 6.54 Å². The zero-order chi connectivity index (χ0) is 19.2. The van der Waals surface area contributed by atoms with Crippen LogP contribution in [0.1, 0.15) is 13.3 Å². The number of halogens is 2. The number of nitrogens with one attached hydrogen (secondary N) is 2. The van der Waals surface area contributed by atoms with Gasteiger partial charge in [-0.1, -0.05) is 36.2 Å². The molecule has 6 nitrogen and oxygen atoms in total. The van der Waals surface area contributed by atoms with E-state index >= 15 is 0 Å². The van der Waals surface area contributed by atoms with E-state index in [0.717, 1.165) is 0 Å². The van der Waals surface area contributed by atoms with Crippen molar-refractivity contribution in [1.29, 1.82) is 0 Å². The van der Waals surface area contributed by atoms with E-state index < -0.39 is 15.9 Å². The first-order chi connectivity index (χ1) is 12.3. The number of anilines is 1. The highest BCUT2D eigenvalue weighted by atomic mass is 35.5. The molecule has 2 N–H and O–H groups in total. The molecule has 0 saturated carbocycles. The van der Waals surface area contributed by atoms with Crippen molar-refractivity contribution in [3.05, 3.63) is 52.5 Å². The molecule has 0 heterocycles. The van der Waals surface area contributed by atoms with E-state index in [4.69, 9.17) is 27.9 Å². The van der Waals surface area contributed by atoms with E-state index in [1.54, 1.807) is 18.2 Å². The Morgan fingerprint density at radius 2 is 1.81 bits per heavy atom. The third-order valence-electron chi connectivity index (χ3n) is 3.27. The van der Waals surface area contributed by atoms with Gasteiger partial charge in [-0.2, -0.15) is 0 Å². The van der Waals surface area contributed by atoms with Crippen molar-refractivity contribution in [2.75, 3.05) is 18.5 Å². The summed E-state index contributed by atoms with van der Waals surface area (Å²) in [5.41, 5.74) is 0.385. The summed E-state index contributed by atoms with van der Waals surface area (Å²) in [6.45, 7) is 1.98. The minimum Gasteiger partial charge on any atom is -0.484 e. The number of sulfonamides is 1. The molecule has 0 aliphatic carbocycles. The van der Waals surface area contributed by atoms with Crippen LogP contribution in [0.25, 0.3) is 0 Å². The van der Waals surface area contributed by atoms with Crippen LogP contribution in [0.2, 0.25) is 10.0 Å². The molecule has 0 spiro atoms. The topological polar surface area (TPSA) is 84.5 Å². The van der Waals surface area contributed by atoms with Gasteiger partial charge >= 0.3 is 0 Å². The third-order valence-corrected chi connectivity index (χ3v) is 5.57. The summed E-state index contributed by atoms with van der Waals surface area (Å²) in [5.74, 6) is -0.0535. The van der Waals surface area contributed by atoms with Crippen LogP contribution >= 0.6 is 23.2 Å². The number of ether oxygens (including phenoxy) is 1. The van der Waals surface area contributed by atoms with Crippen molar-refractivity contribution in [1.82, 2.24) is 4.72 Å². The molecule has 0 atom stereocenters. The monoisotopic (exact) mass is 416 g/mol. The summed E-state index contributed by atoms with van der Waals surface area (Å²) in [4.78, 5) is 12.1. The Balaban J connectivity index is 1.93. The van der Waals surface area contributed by atoms with Gasteiger partial charge in [0.05, 0.1) is 20.6 Å². The molecule has 2 aromatic rings. The Morgan fingerprint density at radius 3 is 2.46 bits per heavy atom. The molecule has 0 aromatic heterocycles. The second-order valence-corrected chi connectivity index (χ2v) is 7.86. The van der Waals surface area contributed by atoms with Crippen LogP contribution in [-0.4, -0.2) is 27.5 Å². The lowest BCUT2D eigenvalue weighted by molar-refractivity contribution is -0.118. The Bertz CT molecular complexity index is 871. The minimum absolute atomic E-state index is 0.133. The Morgan fingerprint density at radius 1 is 1.12 bits per heavy atom. The number of carbonyl (C=O) groups excluding carboxylic acids is 1. The van der Waals surface area contributed by atoms with Crippen LogP contribution in [0, 0.1) is 0 Å². The maximum atomic E-state index is 12.0. The van der Waals surface area contributed by atoms with Crippen molar-refractivity contribution in [3.8, 4) is 5.75 Å². The van der Waals surface area contributed by atoms with Crippen molar-refractivity contribution in [2.45, 2.75) is 18.2 Å². The molecule has 0 fully saturated rings. The Kier molecular flexibility index (Phi) is 7.28. The molecule has 2 rings (SSSR count). The average molecular weight is 417 g/mol. The quantitative estimate of drug-likeness (QED) is 0.686. The standard InChI is InChI=1S/C17H18Cl2N2O4S/c1-2-10-20-26(23,24)13-8-6-12(7-9-13)25-11-16(22)21-15-5-3-4-14(18)17(15)19/h3-9,20H,2,10-11H2,1H3,(H,21,22). The fraction of sp³-hybridized carbons (Fsp3) is 0.235. The van der Waals surface area contributed by atoms with Gasteiger partial charge in [0.15, 0.2) is 6.61 Å². The lowest BCUT2D eigenvalue weighted by Gasteiger charge is -2.10. The zero-order valence-corrected chi connectivity index (χ0v) is 16.3. The van der Waals surface area contributed by atoms with E-state index in [-0.39, 0.29) is 16.5 Å². The highest BCUT2D eigenvalue weighted by Gasteiger charge is 2.13. The number of carbonyl (C=O) groups is 1. The van der Waals surface area contributed by atoms with Crippen molar-refractivity contribution < 1.29 is 17.9 Å². The van der Waals surface area contributed by atoms with Crippen molar-refractivity contribution >= 4 is 44.8 Å². The lowest BCUT2D eigenvalue weighted by atomic mass is 10.3. The number of rotatable bonds is 8. The molecule has 0 bridgehead atoms. The molecule has 0 radical (unpaired) electrons. The van der Waals surface area contributed by atoms with Crippen LogP contribution < -0.4 is 14.8 Å². The van der Waals surface area contributed by atoms with Gasteiger partial charge < -0.3 is 10.1 Å². The molecule has 2 aromatic carbocycles. The van der Waals surface area contributed by atoms with E-state index in [2.05, 4.69) is 10.0 Å². The van der Waals surface area contributed by atoms with Crippen LogP contribution in [0.3, 0.4) is 0 Å². The number of benzene rings is 2. The van der Waals surface area contributed by atoms with E-state index in [0.29, 0.717) is 29.4 Å². The first-order valence-corrected chi connectivity index (χ1v) is 10.0. The van der Waals surface area contributed by atoms with Gasteiger partial charge in [0.1, 0.15) is 5.75 Å². The summed E-state index contributed by atoms with van der Waals surface area (Å²) in [7, 11) is -3.53. The van der Waals surface area contributed by atoms with E-state index in [9.17, 15) is 13.2 Å². The van der Waals surface area contributed by atoms with E-state index in [1.165, 1.54) is 24.3 Å². The third kappa shape index (κ3) is 5.60. The summed E-state index contributed by atoms with van der Waals surface area (Å²) < 4.78 is 31.8. The maximum Gasteiger partial charge on any atom is 0.262 e. The van der Waals surface area contributed by atoms with Crippen LogP contribution in [-0.2, 0) is 14.8 Å². The number of hydrogen-bond donors (Lipinski definition) is 2. The normalized spacial score (nSPS) is 11.2. The molecule has 140 valence electrons. The molecule has 0 unspecified atom stereocenters. The first kappa shape index (κ1) is 20.5. The molecule has 1 amide bonds. The summed E-state index contributed by atoms with van der Waals surface area (Å²) in [6.07, 6.45) is 0.701. The fourth-order valence-electron chi connectivity index (χ4n) is 1.97. The van der Waals surface area contributed by atoms with E-state index in [1.807, 2.05) is 6.92 Å². The van der Waals surface area contributed by atoms with Crippen molar-refractivity contribution in [2.24, 2.45) is 0 Å². The lowest BCUT2D eigenvalue weighted by Crippen LogP contribution is -2.24. The molecule has 26 heavy (non-hydrogen) atoms. The fourth-order valence-corrected chi connectivity index (χ4v) is 3.45. The van der Waals surface area contributed by atoms with Gasteiger partial charge in [0.2, 0.25) is 10.0 Å². The molecule has 0 saturated heterocycles. The smallest absolute Gasteiger partial charge is 0.262 e. The average Bonchev–Trinajstić information content (AvgIpc) is 2.62. The summed E-state index contributed by atoms with van der Waals surface area (Å²) in [5, 5.41) is 3.17. The Hall–Kier alpha value is -1.80. The highest BCUT2D eigenvalue weighted by molar-refractivity contribution is 7.89. The van der Waals surface area contributed by atoms with Gasteiger partial charge in [0.25, 0.3) is 5.91 Å². The van der Waals surface area contributed by atoms with Gasteiger partial charge in [-0.25, -0.2) is 13.1 Å². The van der Waals surface area contributed by atoms with Crippen LogP contribution in [0.5, 0.6) is 5.75 Å². The summed E-state index contributed by atoms with van der Waals surface area (Å²) in [6, 6.07) is 10.7. The first-order valence-electron chi connectivity index (χ1n) is 7.80. The Labute approximate surface area is 162 Å². The number of hydrogen-bond acceptors (Lipinski definition) is 4. The highest BCUT2D eigenvalue weighted by Crippen LogP contribution is 2.29. The zero-order valence-electron chi connectivity index (χ0n) is 14.0. The SMILES string of the molecule is CCCNS(=O)(=O)c1ccc(OCC(=O)Nc2cccc(Cl)c2Cl)cc1. The van der Waals surface area contributed by atoms with Gasteiger partial charge in [-0.15, -0.1) is 0 Å². The molecular formula is C17H18Cl2N2O4S. The summed E-state index contributed by atoms with van der Waals surface area (Å²) >= 11 is 11.9. The number of amides is 1. The van der Waals surface area contributed by atoms with Gasteiger partial charge in [-0.05, 0) is 42.8 Å².